The Labute approximate surface area is 179 Å². The van der Waals surface area contributed by atoms with Crippen molar-refractivity contribution in [1.29, 1.82) is 0 Å². The maximum atomic E-state index is 12.8. The van der Waals surface area contributed by atoms with Crippen LogP contribution in [0.2, 0.25) is 0 Å². The van der Waals surface area contributed by atoms with Crippen molar-refractivity contribution in [2.75, 3.05) is 23.8 Å². The fourth-order valence-electron chi connectivity index (χ4n) is 3.68. The molecule has 2 aromatic rings. The lowest BCUT2D eigenvalue weighted by Crippen LogP contribution is -2.36. The third kappa shape index (κ3) is 4.34. The average Bonchev–Trinajstić information content (AvgIpc) is 3.37. The minimum absolute atomic E-state index is 0.108. The summed E-state index contributed by atoms with van der Waals surface area (Å²) >= 11 is 0. The molecule has 0 radical (unpaired) electrons. The molecular formula is C23H23N3O5. The van der Waals surface area contributed by atoms with Gasteiger partial charge in [-0.05, 0) is 55.3 Å². The molecule has 1 atom stereocenters. The molecule has 0 aliphatic carbocycles. The number of ether oxygens (including phenoxy) is 1. The van der Waals surface area contributed by atoms with E-state index in [2.05, 4.69) is 10.6 Å². The summed E-state index contributed by atoms with van der Waals surface area (Å²) in [6, 6.07) is 11.2. The van der Waals surface area contributed by atoms with E-state index in [9.17, 15) is 19.2 Å². The quantitative estimate of drug-likeness (QED) is 0.698. The Kier molecular flexibility index (Phi) is 5.81. The summed E-state index contributed by atoms with van der Waals surface area (Å²) in [7, 11) is 0. The summed E-state index contributed by atoms with van der Waals surface area (Å²) in [5.74, 6) is -1.18. The van der Waals surface area contributed by atoms with Gasteiger partial charge in [0.1, 0.15) is 0 Å². The van der Waals surface area contributed by atoms with Gasteiger partial charge in [-0.25, -0.2) is 0 Å². The second kappa shape index (κ2) is 8.69. The molecule has 0 unspecified atom stereocenters. The van der Waals surface area contributed by atoms with Gasteiger partial charge in [0, 0.05) is 30.0 Å². The molecule has 2 aliphatic rings. The highest BCUT2D eigenvalue weighted by Crippen LogP contribution is 2.27. The highest BCUT2D eigenvalue weighted by atomic mass is 16.5. The Hall–Kier alpha value is -3.52. The first-order chi connectivity index (χ1) is 15.0. The maximum absolute atomic E-state index is 12.8. The van der Waals surface area contributed by atoms with Crippen LogP contribution in [0.15, 0.2) is 42.5 Å². The van der Waals surface area contributed by atoms with E-state index in [-0.39, 0.29) is 41.8 Å². The zero-order valence-electron chi connectivity index (χ0n) is 17.1. The highest BCUT2D eigenvalue weighted by Gasteiger charge is 2.37. The third-order valence-corrected chi connectivity index (χ3v) is 5.39. The molecular weight excluding hydrogens is 398 g/mol. The van der Waals surface area contributed by atoms with Crippen molar-refractivity contribution in [3.8, 4) is 0 Å². The van der Waals surface area contributed by atoms with Crippen LogP contribution in [0, 0.1) is 0 Å². The molecule has 8 nitrogen and oxygen atoms in total. The van der Waals surface area contributed by atoms with Crippen molar-refractivity contribution < 1.29 is 23.9 Å². The Morgan fingerprint density at radius 2 is 1.71 bits per heavy atom. The Morgan fingerprint density at radius 3 is 2.39 bits per heavy atom. The Morgan fingerprint density at radius 1 is 1.00 bits per heavy atom. The molecule has 1 fully saturated rings. The van der Waals surface area contributed by atoms with Gasteiger partial charge in [0.15, 0.2) is 0 Å². The van der Waals surface area contributed by atoms with E-state index in [4.69, 9.17) is 4.74 Å². The third-order valence-electron chi connectivity index (χ3n) is 5.39. The lowest BCUT2D eigenvalue weighted by atomic mass is 10.1. The molecule has 1 saturated heterocycles. The van der Waals surface area contributed by atoms with Crippen LogP contribution in [0.3, 0.4) is 0 Å². The average molecular weight is 421 g/mol. The van der Waals surface area contributed by atoms with E-state index in [0.717, 1.165) is 12.8 Å². The van der Waals surface area contributed by atoms with Crippen LogP contribution in [0.4, 0.5) is 11.4 Å². The molecule has 4 rings (SSSR count). The van der Waals surface area contributed by atoms with Crippen LogP contribution in [0.5, 0.6) is 0 Å². The predicted molar refractivity (Wildman–Crippen MR) is 114 cm³/mol. The van der Waals surface area contributed by atoms with Crippen LogP contribution in [0.25, 0.3) is 0 Å². The standard InChI is InChI=1S/C23H23N3O5/c1-2-20(27)24-15-7-5-14(6-8-15)21(28)25-16-9-10-18-19(12-16)23(30)26(22(18)29)13-17-4-3-11-31-17/h5-10,12,17H,2-4,11,13H2,1H3,(H,24,27)(H,25,28)/t17-/m1/s1. The normalized spacial score (nSPS) is 17.6. The number of nitrogens with one attached hydrogen (secondary N) is 2. The summed E-state index contributed by atoms with van der Waals surface area (Å²) in [5, 5.41) is 5.47. The van der Waals surface area contributed by atoms with Gasteiger partial charge >= 0.3 is 0 Å². The molecule has 2 aromatic carbocycles. The number of hydrogen-bond acceptors (Lipinski definition) is 5. The molecule has 4 amide bonds. The van der Waals surface area contributed by atoms with Gasteiger partial charge < -0.3 is 15.4 Å². The summed E-state index contributed by atoms with van der Waals surface area (Å²) in [6.45, 7) is 2.65. The maximum Gasteiger partial charge on any atom is 0.261 e. The second-order valence-electron chi connectivity index (χ2n) is 7.55. The van der Waals surface area contributed by atoms with E-state index in [1.807, 2.05) is 0 Å². The molecule has 8 heteroatoms. The van der Waals surface area contributed by atoms with Gasteiger partial charge in [0.25, 0.3) is 17.7 Å². The SMILES string of the molecule is CCC(=O)Nc1ccc(C(=O)Nc2ccc3c(c2)C(=O)N(C[C@H]2CCCO2)C3=O)cc1. The van der Waals surface area contributed by atoms with Gasteiger partial charge in [0.05, 0.1) is 23.8 Å². The van der Waals surface area contributed by atoms with Crippen molar-refractivity contribution in [3.05, 3.63) is 59.2 Å². The number of carbonyl (C=O) groups is 4. The van der Waals surface area contributed by atoms with Crippen molar-refractivity contribution in [1.82, 2.24) is 4.90 Å². The number of fused-ring (bicyclic) bond motifs is 1. The van der Waals surface area contributed by atoms with E-state index < -0.39 is 0 Å². The van der Waals surface area contributed by atoms with Crippen molar-refractivity contribution in [2.45, 2.75) is 32.3 Å². The largest absolute Gasteiger partial charge is 0.376 e. The number of carbonyl (C=O) groups excluding carboxylic acids is 4. The number of hydrogen-bond donors (Lipinski definition) is 2. The van der Waals surface area contributed by atoms with Crippen LogP contribution in [-0.2, 0) is 9.53 Å². The van der Waals surface area contributed by atoms with Crippen molar-refractivity contribution in [3.63, 3.8) is 0 Å². The predicted octanol–water partition coefficient (Wildman–Crippen LogP) is 3.06. The molecule has 0 spiro atoms. The van der Waals surface area contributed by atoms with E-state index in [1.165, 1.54) is 11.0 Å². The minimum atomic E-state index is -0.373. The molecule has 2 aliphatic heterocycles. The zero-order valence-corrected chi connectivity index (χ0v) is 17.1. The Bertz CT molecular complexity index is 1040. The molecule has 0 aromatic heterocycles. The van der Waals surface area contributed by atoms with Crippen molar-refractivity contribution >= 4 is 35.0 Å². The lowest BCUT2D eigenvalue weighted by molar-refractivity contribution is -0.115. The van der Waals surface area contributed by atoms with E-state index in [0.29, 0.717) is 35.5 Å². The van der Waals surface area contributed by atoms with Gasteiger partial charge in [-0.15, -0.1) is 0 Å². The molecule has 0 saturated carbocycles. The molecule has 2 heterocycles. The summed E-state index contributed by atoms with van der Waals surface area (Å²) < 4.78 is 5.55. The second-order valence-corrected chi connectivity index (χ2v) is 7.55. The first-order valence-electron chi connectivity index (χ1n) is 10.3. The Balaban J connectivity index is 1.44. The van der Waals surface area contributed by atoms with Crippen LogP contribution < -0.4 is 10.6 Å². The molecule has 31 heavy (non-hydrogen) atoms. The molecule has 160 valence electrons. The first kappa shape index (κ1) is 20.7. The number of benzene rings is 2. The van der Waals surface area contributed by atoms with Crippen LogP contribution >= 0.6 is 0 Å². The molecule has 0 bridgehead atoms. The van der Waals surface area contributed by atoms with Crippen molar-refractivity contribution in [2.24, 2.45) is 0 Å². The summed E-state index contributed by atoms with van der Waals surface area (Å²) in [6.07, 6.45) is 2.00. The lowest BCUT2D eigenvalue weighted by Gasteiger charge is -2.17. The van der Waals surface area contributed by atoms with E-state index in [1.54, 1.807) is 43.3 Å². The highest BCUT2D eigenvalue weighted by molar-refractivity contribution is 6.22. The number of nitrogens with zero attached hydrogens (tertiary/aromatic N) is 1. The van der Waals surface area contributed by atoms with Gasteiger partial charge in [-0.1, -0.05) is 6.92 Å². The number of amides is 4. The van der Waals surface area contributed by atoms with Gasteiger partial charge in [-0.3, -0.25) is 24.1 Å². The monoisotopic (exact) mass is 421 g/mol. The summed E-state index contributed by atoms with van der Waals surface area (Å²) in [4.78, 5) is 50.6. The number of rotatable bonds is 6. The smallest absolute Gasteiger partial charge is 0.261 e. The molecule has 2 N–H and O–H groups in total. The minimum Gasteiger partial charge on any atom is -0.376 e. The first-order valence-corrected chi connectivity index (χ1v) is 10.3. The van der Waals surface area contributed by atoms with Crippen LogP contribution in [-0.4, -0.2) is 47.8 Å². The fourth-order valence-corrected chi connectivity index (χ4v) is 3.68. The number of imide groups is 1. The summed E-state index contributed by atoms with van der Waals surface area (Å²) in [5.41, 5.74) is 2.04. The number of anilines is 2. The topological polar surface area (TPSA) is 105 Å². The van der Waals surface area contributed by atoms with Gasteiger partial charge in [0.2, 0.25) is 5.91 Å². The van der Waals surface area contributed by atoms with E-state index >= 15 is 0 Å². The van der Waals surface area contributed by atoms with Gasteiger partial charge in [-0.2, -0.15) is 0 Å². The fraction of sp³-hybridized carbons (Fsp3) is 0.304. The van der Waals surface area contributed by atoms with Crippen LogP contribution in [0.1, 0.15) is 57.3 Å². The zero-order chi connectivity index (χ0) is 22.0.